The molecule has 2 heterocycles. The number of fused-ring (bicyclic) bond motifs is 2. The number of hydrogen-bond acceptors (Lipinski definition) is 2. The Morgan fingerprint density at radius 3 is 2.47 bits per heavy atom. The van der Waals surface area contributed by atoms with E-state index in [-0.39, 0.29) is 0 Å². The van der Waals surface area contributed by atoms with Gasteiger partial charge < -0.3 is 10.6 Å². The van der Waals surface area contributed by atoms with Crippen LogP contribution < -0.4 is 10.6 Å². The summed E-state index contributed by atoms with van der Waals surface area (Å²) in [4.78, 5) is 2.75. The molecule has 0 aliphatic carbocycles. The van der Waals surface area contributed by atoms with Crippen molar-refractivity contribution < 1.29 is 0 Å². The van der Waals surface area contributed by atoms with Gasteiger partial charge in [-0.25, -0.2) is 0 Å². The van der Waals surface area contributed by atoms with E-state index in [0.717, 1.165) is 17.2 Å². The summed E-state index contributed by atoms with van der Waals surface area (Å²) in [5.74, 6) is 0. The average molecular weight is 255 g/mol. The van der Waals surface area contributed by atoms with Gasteiger partial charge in [0.1, 0.15) is 0 Å². The Labute approximate surface area is 110 Å². The van der Waals surface area contributed by atoms with Crippen molar-refractivity contribution in [3.05, 3.63) is 0 Å². The highest BCUT2D eigenvalue weighted by Crippen LogP contribution is 2.33. The second-order valence-corrected chi connectivity index (χ2v) is 5.78. The Morgan fingerprint density at radius 2 is 1.94 bits per heavy atom. The average Bonchev–Trinajstić information content (AvgIpc) is 2.30. The lowest BCUT2D eigenvalue weighted by molar-refractivity contribution is 0.0283. The molecule has 0 amide bonds. The van der Waals surface area contributed by atoms with Crippen LogP contribution in [-0.4, -0.2) is 41.7 Å². The summed E-state index contributed by atoms with van der Waals surface area (Å²) in [6.45, 7) is 3.56. The highest BCUT2D eigenvalue weighted by atomic mass is 32.1. The number of rotatable bonds is 3. The van der Waals surface area contributed by atoms with Crippen LogP contribution in [0, 0.1) is 0 Å². The van der Waals surface area contributed by atoms with Crippen LogP contribution in [0.25, 0.3) is 0 Å². The summed E-state index contributed by atoms with van der Waals surface area (Å²) in [7, 11) is 1.89. The van der Waals surface area contributed by atoms with Crippen LogP contribution in [0.1, 0.15) is 45.4 Å². The molecule has 0 radical (unpaired) electrons. The first-order valence-corrected chi connectivity index (χ1v) is 7.39. The van der Waals surface area contributed by atoms with Crippen molar-refractivity contribution in [2.75, 3.05) is 13.6 Å². The zero-order valence-electron chi connectivity index (χ0n) is 11.0. The Morgan fingerprint density at radius 1 is 1.29 bits per heavy atom. The normalized spacial score (nSPS) is 33.2. The monoisotopic (exact) mass is 255 g/mol. The zero-order chi connectivity index (χ0) is 12.3. The second-order valence-electron chi connectivity index (χ2n) is 5.37. The zero-order valence-corrected chi connectivity index (χ0v) is 11.9. The van der Waals surface area contributed by atoms with Gasteiger partial charge in [0.2, 0.25) is 0 Å². The van der Waals surface area contributed by atoms with E-state index in [2.05, 4.69) is 22.5 Å². The van der Waals surface area contributed by atoms with Crippen molar-refractivity contribution >= 4 is 17.3 Å². The number of piperidine rings is 2. The highest BCUT2D eigenvalue weighted by Gasteiger charge is 2.37. The van der Waals surface area contributed by atoms with E-state index in [0.29, 0.717) is 6.04 Å². The van der Waals surface area contributed by atoms with Gasteiger partial charge in [-0.15, -0.1) is 0 Å². The van der Waals surface area contributed by atoms with E-state index < -0.39 is 0 Å². The van der Waals surface area contributed by atoms with Crippen molar-refractivity contribution in [2.24, 2.45) is 0 Å². The van der Waals surface area contributed by atoms with Gasteiger partial charge in [-0.1, -0.05) is 13.3 Å². The van der Waals surface area contributed by atoms with Crippen LogP contribution in [0.4, 0.5) is 0 Å². The molecule has 2 aliphatic heterocycles. The minimum Gasteiger partial charge on any atom is -0.366 e. The molecule has 2 fully saturated rings. The van der Waals surface area contributed by atoms with Crippen LogP contribution in [0.2, 0.25) is 0 Å². The molecule has 17 heavy (non-hydrogen) atoms. The predicted molar refractivity (Wildman–Crippen MR) is 76.2 cm³/mol. The molecule has 0 aromatic rings. The number of hydrogen-bond donors (Lipinski definition) is 2. The fraction of sp³-hybridized carbons (Fsp3) is 0.923. The van der Waals surface area contributed by atoms with E-state index in [4.69, 9.17) is 12.2 Å². The first-order chi connectivity index (χ1) is 8.24. The fourth-order valence-electron chi connectivity index (χ4n) is 3.48. The van der Waals surface area contributed by atoms with Crippen LogP contribution in [0.15, 0.2) is 0 Å². The Bertz CT molecular complexity index is 255. The summed E-state index contributed by atoms with van der Waals surface area (Å²) < 4.78 is 0. The molecule has 2 unspecified atom stereocenters. The summed E-state index contributed by atoms with van der Waals surface area (Å²) >= 11 is 5.21. The third-order valence-electron chi connectivity index (χ3n) is 4.17. The van der Waals surface area contributed by atoms with Crippen molar-refractivity contribution in [3.63, 3.8) is 0 Å². The molecule has 98 valence electrons. The maximum atomic E-state index is 5.21. The molecular weight excluding hydrogens is 230 g/mol. The lowest BCUT2D eigenvalue weighted by Crippen LogP contribution is -2.57. The van der Waals surface area contributed by atoms with Crippen LogP contribution >= 0.6 is 12.2 Å². The third-order valence-corrected chi connectivity index (χ3v) is 4.49. The molecular formula is C13H25N3S. The van der Waals surface area contributed by atoms with Gasteiger partial charge in [0.15, 0.2) is 5.11 Å². The maximum Gasteiger partial charge on any atom is 0.166 e. The standard InChI is InChI=1S/C13H25N3S/c1-3-7-16-11-5-4-6-12(16)9-10(8-11)15-13(17)14-2/h10-12H,3-9H2,1-2H3,(H2,14,15,17). The summed E-state index contributed by atoms with van der Waals surface area (Å²) in [5.41, 5.74) is 0. The van der Waals surface area contributed by atoms with E-state index >= 15 is 0 Å². The van der Waals surface area contributed by atoms with E-state index in [1.165, 1.54) is 45.1 Å². The molecule has 2 aliphatic rings. The molecule has 2 saturated heterocycles. The first kappa shape index (κ1) is 13.1. The Balaban J connectivity index is 1.94. The van der Waals surface area contributed by atoms with Crippen molar-refractivity contribution in [2.45, 2.75) is 63.6 Å². The molecule has 2 rings (SSSR count). The first-order valence-electron chi connectivity index (χ1n) is 6.98. The molecule has 0 aromatic carbocycles. The molecule has 0 saturated carbocycles. The lowest BCUT2D eigenvalue weighted by Gasteiger charge is -2.49. The van der Waals surface area contributed by atoms with Crippen molar-refractivity contribution in [1.82, 2.24) is 15.5 Å². The van der Waals surface area contributed by atoms with Gasteiger partial charge in [0, 0.05) is 25.2 Å². The van der Waals surface area contributed by atoms with Gasteiger partial charge >= 0.3 is 0 Å². The molecule has 3 nitrogen and oxygen atoms in total. The van der Waals surface area contributed by atoms with Gasteiger partial charge in [-0.05, 0) is 50.9 Å². The topological polar surface area (TPSA) is 27.3 Å². The summed E-state index contributed by atoms with van der Waals surface area (Å²) in [6.07, 6.45) is 7.97. The number of nitrogens with zero attached hydrogens (tertiary/aromatic N) is 1. The molecule has 0 spiro atoms. The highest BCUT2D eigenvalue weighted by molar-refractivity contribution is 7.80. The van der Waals surface area contributed by atoms with Crippen LogP contribution in [0.3, 0.4) is 0 Å². The van der Waals surface area contributed by atoms with E-state index in [9.17, 15) is 0 Å². The fourth-order valence-corrected chi connectivity index (χ4v) is 3.64. The number of nitrogens with one attached hydrogen (secondary N) is 2. The van der Waals surface area contributed by atoms with E-state index in [1.807, 2.05) is 7.05 Å². The third kappa shape index (κ3) is 3.10. The smallest absolute Gasteiger partial charge is 0.166 e. The quantitative estimate of drug-likeness (QED) is 0.753. The van der Waals surface area contributed by atoms with Crippen LogP contribution in [0.5, 0.6) is 0 Å². The molecule has 2 bridgehead atoms. The lowest BCUT2D eigenvalue weighted by atomic mass is 9.81. The number of thiocarbonyl (C=S) groups is 1. The molecule has 0 aromatic heterocycles. The Hall–Kier alpha value is -0.350. The minimum absolute atomic E-state index is 0.582. The van der Waals surface area contributed by atoms with Gasteiger partial charge in [-0.3, -0.25) is 4.90 Å². The minimum atomic E-state index is 0.582. The van der Waals surface area contributed by atoms with Gasteiger partial charge in [0.05, 0.1) is 0 Å². The van der Waals surface area contributed by atoms with Crippen molar-refractivity contribution in [3.8, 4) is 0 Å². The van der Waals surface area contributed by atoms with Crippen LogP contribution in [-0.2, 0) is 0 Å². The Kier molecular flexibility index (Phi) is 4.62. The van der Waals surface area contributed by atoms with E-state index in [1.54, 1.807) is 0 Å². The maximum absolute atomic E-state index is 5.21. The van der Waals surface area contributed by atoms with Gasteiger partial charge in [-0.2, -0.15) is 0 Å². The summed E-state index contributed by atoms with van der Waals surface area (Å²) in [6, 6.07) is 2.16. The second kappa shape index (κ2) is 6.01. The van der Waals surface area contributed by atoms with Crippen molar-refractivity contribution in [1.29, 1.82) is 0 Å². The molecule has 4 heteroatoms. The SMILES string of the molecule is CCCN1C2CCCC1CC(NC(=S)NC)C2. The predicted octanol–water partition coefficient (Wildman–Crippen LogP) is 1.88. The molecule has 2 N–H and O–H groups in total. The summed E-state index contributed by atoms with van der Waals surface area (Å²) in [5, 5.41) is 7.28. The largest absolute Gasteiger partial charge is 0.366 e. The van der Waals surface area contributed by atoms with Gasteiger partial charge in [0.25, 0.3) is 0 Å². The molecule has 2 atom stereocenters.